The lowest BCUT2D eigenvalue weighted by molar-refractivity contribution is 0.0219. The van der Waals surface area contributed by atoms with Crippen LogP contribution in [0.5, 0.6) is 0 Å². The SMILES string of the molecule is CSc1ccccc1C(=O)N1CCNCC12CCCCC2. The van der Waals surface area contributed by atoms with E-state index in [1.54, 1.807) is 11.8 Å². The number of hydrogen-bond acceptors (Lipinski definition) is 3. The molecule has 3 nitrogen and oxygen atoms in total. The van der Waals surface area contributed by atoms with Gasteiger partial charge in [-0.1, -0.05) is 31.4 Å². The van der Waals surface area contributed by atoms with Crippen LogP contribution in [0.25, 0.3) is 0 Å². The molecule has 1 amide bonds. The third-order valence-corrected chi connectivity index (χ3v) is 5.70. The van der Waals surface area contributed by atoms with E-state index in [1.165, 1.54) is 19.3 Å². The van der Waals surface area contributed by atoms with Crippen LogP contribution in [0, 0.1) is 0 Å². The molecule has 0 aromatic heterocycles. The monoisotopic (exact) mass is 304 g/mol. The van der Waals surface area contributed by atoms with Crippen molar-refractivity contribution in [3.63, 3.8) is 0 Å². The first-order chi connectivity index (χ1) is 10.3. The highest BCUT2D eigenvalue weighted by Gasteiger charge is 2.42. The van der Waals surface area contributed by atoms with Crippen LogP contribution in [0.2, 0.25) is 0 Å². The van der Waals surface area contributed by atoms with E-state index >= 15 is 0 Å². The molecule has 3 rings (SSSR count). The summed E-state index contributed by atoms with van der Waals surface area (Å²) < 4.78 is 0. The number of benzene rings is 1. The highest BCUT2D eigenvalue weighted by Crippen LogP contribution is 2.36. The number of nitrogens with one attached hydrogen (secondary N) is 1. The van der Waals surface area contributed by atoms with Crippen molar-refractivity contribution in [3.8, 4) is 0 Å². The molecule has 1 heterocycles. The molecular formula is C17H24N2OS. The van der Waals surface area contributed by atoms with Crippen molar-refractivity contribution in [3.05, 3.63) is 29.8 Å². The number of nitrogens with zero attached hydrogens (tertiary/aromatic N) is 1. The van der Waals surface area contributed by atoms with Gasteiger partial charge in [0.1, 0.15) is 0 Å². The second kappa shape index (κ2) is 6.41. The molecule has 0 bridgehead atoms. The molecule has 0 radical (unpaired) electrons. The van der Waals surface area contributed by atoms with Gasteiger partial charge in [0, 0.05) is 24.5 Å². The minimum Gasteiger partial charge on any atom is -0.330 e. The molecule has 1 saturated carbocycles. The molecule has 1 N–H and O–H groups in total. The molecule has 2 aliphatic rings. The van der Waals surface area contributed by atoms with Gasteiger partial charge < -0.3 is 10.2 Å². The minimum absolute atomic E-state index is 0.0547. The first-order valence-electron chi connectivity index (χ1n) is 7.93. The van der Waals surface area contributed by atoms with E-state index in [0.29, 0.717) is 0 Å². The fourth-order valence-corrected chi connectivity index (χ4v) is 4.37. The Hall–Kier alpha value is -1.00. The standard InChI is InChI=1S/C17H24N2OS/c1-21-15-8-4-3-7-14(15)16(20)19-12-11-18-13-17(19)9-5-2-6-10-17/h3-4,7-8,18H,2,5-6,9-13H2,1H3. The average molecular weight is 304 g/mol. The number of amides is 1. The quantitative estimate of drug-likeness (QED) is 0.852. The Morgan fingerprint density at radius 1 is 1.24 bits per heavy atom. The van der Waals surface area contributed by atoms with Crippen LogP contribution < -0.4 is 5.32 Å². The molecule has 1 aromatic rings. The van der Waals surface area contributed by atoms with Crippen molar-refractivity contribution in [2.45, 2.75) is 42.5 Å². The Morgan fingerprint density at radius 3 is 2.76 bits per heavy atom. The summed E-state index contributed by atoms with van der Waals surface area (Å²) >= 11 is 1.66. The van der Waals surface area contributed by atoms with Gasteiger partial charge in [-0.15, -0.1) is 11.8 Å². The molecular weight excluding hydrogens is 280 g/mol. The molecule has 0 atom stereocenters. The summed E-state index contributed by atoms with van der Waals surface area (Å²) in [5.41, 5.74) is 0.927. The second-order valence-electron chi connectivity index (χ2n) is 6.12. The lowest BCUT2D eigenvalue weighted by Gasteiger charge is -2.50. The van der Waals surface area contributed by atoms with Crippen molar-refractivity contribution in [1.82, 2.24) is 10.2 Å². The summed E-state index contributed by atoms with van der Waals surface area (Å²) in [6, 6.07) is 8.01. The molecule has 2 fully saturated rings. The molecule has 1 saturated heterocycles. The van der Waals surface area contributed by atoms with E-state index in [9.17, 15) is 4.79 Å². The Morgan fingerprint density at radius 2 is 2.00 bits per heavy atom. The molecule has 1 spiro atoms. The highest BCUT2D eigenvalue weighted by atomic mass is 32.2. The number of carbonyl (C=O) groups is 1. The van der Waals surface area contributed by atoms with E-state index in [4.69, 9.17) is 0 Å². The summed E-state index contributed by atoms with van der Waals surface area (Å²) in [6.07, 6.45) is 8.14. The zero-order valence-electron chi connectivity index (χ0n) is 12.7. The lowest BCUT2D eigenvalue weighted by atomic mass is 9.78. The maximum Gasteiger partial charge on any atom is 0.255 e. The summed E-state index contributed by atoms with van der Waals surface area (Å²) in [7, 11) is 0. The van der Waals surface area contributed by atoms with Crippen molar-refractivity contribution < 1.29 is 4.79 Å². The highest BCUT2D eigenvalue weighted by molar-refractivity contribution is 7.98. The molecule has 4 heteroatoms. The summed E-state index contributed by atoms with van der Waals surface area (Å²) in [6.45, 7) is 2.71. The van der Waals surface area contributed by atoms with Crippen molar-refractivity contribution >= 4 is 17.7 Å². The van der Waals surface area contributed by atoms with Gasteiger partial charge in [-0.3, -0.25) is 4.79 Å². The Labute approximate surface area is 131 Å². The van der Waals surface area contributed by atoms with Gasteiger partial charge in [0.05, 0.1) is 11.1 Å². The zero-order chi connectivity index (χ0) is 14.7. The van der Waals surface area contributed by atoms with Crippen LogP contribution in [0.4, 0.5) is 0 Å². The molecule has 21 heavy (non-hydrogen) atoms. The first kappa shape index (κ1) is 14.9. The predicted octanol–water partition coefficient (Wildman–Crippen LogP) is 3.16. The largest absolute Gasteiger partial charge is 0.330 e. The summed E-state index contributed by atoms with van der Waals surface area (Å²) in [4.78, 5) is 16.4. The summed E-state index contributed by atoms with van der Waals surface area (Å²) in [5, 5.41) is 3.51. The third-order valence-electron chi connectivity index (χ3n) is 4.91. The van der Waals surface area contributed by atoms with Crippen LogP contribution >= 0.6 is 11.8 Å². The lowest BCUT2D eigenvalue weighted by Crippen LogP contribution is -2.63. The third kappa shape index (κ3) is 2.84. The second-order valence-corrected chi connectivity index (χ2v) is 6.97. The zero-order valence-corrected chi connectivity index (χ0v) is 13.5. The van der Waals surface area contributed by atoms with Crippen LogP contribution in [0.15, 0.2) is 29.2 Å². The number of piperazine rings is 1. The van der Waals surface area contributed by atoms with Gasteiger partial charge >= 0.3 is 0 Å². The summed E-state index contributed by atoms with van der Waals surface area (Å²) in [5.74, 6) is 0.225. The fourth-order valence-electron chi connectivity index (χ4n) is 3.78. The van der Waals surface area contributed by atoms with Crippen LogP contribution in [0.1, 0.15) is 42.5 Å². The number of thioether (sulfide) groups is 1. The van der Waals surface area contributed by atoms with Crippen molar-refractivity contribution in [1.29, 1.82) is 0 Å². The Balaban J connectivity index is 1.91. The van der Waals surface area contributed by atoms with E-state index in [1.807, 2.05) is 30.5 Å². The van der Waals surface area contributed by atoms with Crippen LogP contribution in [0.3, 0.4) is 0 Å². The molecule has 1 aliphatic heterocycles. The van der Waals surface area contributed by atoms with E-state index < -0.39 is 0 Å². The van der Waals surface area contributed by atoms with Gasteiger partial charge in [0.25, 0.3) is 5.91 Å². The van der Waals surface area contributed by atoms with Gasteiger partial charge in [0.2, 0.25) is 0 Å². The van der Waals surface area contributed by atoms with Crippen LogP contribution in [-0.4, -0.2) is 42.2 Å². The topological polar surface area (TPSA) is 32.3 Å². The van der Waals surface area contributed by atoms with Gasteiger partial charge in [-0.2, -0.15) is 0 Å². The van der Waals surface area contributed by atoms with Gasteiger partial charge in [0.15, 0.2) is 0 Å². The van der Waals surface area contributed by atoms with Crippen LogP contribution in [-0.2, 0) is 0 Å². The normalized spacial score (nSPS) is 21.5. The minimum atomic E-state index is 0.0547. The Kier molecular flexibility index (Phi) is 4.55. The molecule has 0 unspecified atom stereocenters. The number of carbonyl (C=O) groups excluding carboxylic acids is 1. The van der Waals surface area contributed by atoms with Gasteiger partial charge in [-0.05, 0) is 31.2 Å². The van der Waals surface area contributed by atoms with E-state index in [2.05, 4.69) is 10.2 Å². The maximum absolute atomic E-state index is 13.1. The fraction of sp³-hybridized carbons (Fsp3) is 0.588. The molecule has 114 valence electrons. The molecule has 1 aliphatic carbocycles. The number of hydrogen-bond donors (Lipinski definition) is 1. The molecule has 1 aromatic carbocycles. The van der Waals surface area contributed by atoms with Crippen molar-refractivity contribution in [2.75, 3.05) is 25.9 Å². The predicted molar refractivity (Wildman–Crippen MR) is 87.9 cm³/mol. The van der Waals surface area contributed by atoms with Gasteiger partial charge in [-0.25, -0.2) is 0 Å². The van der Waals surface area contributed by atoms with Crippen molar-refractivity contribution in [2.24, 2.45) is 0 Å². The van der Waals surface area contributed by atoms with E-state index in [-0.39, 0.29) is 11.4 Å². The number of rotatable bonds is 2. The Bertz CT molecular complexity index is 503. The maximum atomic E-state index is 13.1. The first-order valence-corrected chi connectivity index (χ1v) is 9.15. The van der Waals surface area contributed by atoms with E-state index in [0.717, 1.165) is 42.9 Å². The average Bonchev–Trinajstić information content (AvgIpc) is 2.55. The smallest absolute Gasteiger partial charge is 0.255 e.